The Bertz CT molecular complexity index is 929. The third-order valence-corrected chi connectivity index (χ3v) is 4.78. The molecule has 1 amide bonds. The van der Waals surface area contributed by atoms with Gasteiger partial charge in [-0.3, -0.25) is 4.79 Å². The lowest BCUT2D eigenvalue weighted by Gasteiger charge is -2.07. The minimum atomic E-state index is -0.425. The van der Waals surface area contributed by atoms with Crippen LogP contribution in [0.2, 0.25) is 0 Å². The van der Waals surface area contributed by atoms with E-state index in [-0.39, 0.29) is 17.9 Å². The van der Waals surface area contributed by atoms with E-state index in [1.54, 1.807) is 25.1 Å². The number of carbonyl (C=O) groups excluding carboxylic acids is 1. The largest absolute Gasteiger partial charge is 0.347 e. The molecule has 1 aromatic heterocycles. The van der Waals surface area contributed by atoms with Crippen LogP contribution in [-0.2, 0) is 11.3 Å². The molecule has 0 unspecified atom stereocenters. The maximum absolute atomic E-state index is 13.3. The average molecular weight is 351 g/mol. The molecule has 0 saturated heterocycles. The Balaban J connectivity index is 1.74. The summed E-state index contributed by atoms with van der Waals surface area (Å²) in [6.45, 7) is 5.99. The van der Waals surface area contributed by atoms with Gasteiger partial charge in [-0.15, -0.1) is 0 Å². The molecule has 1 aliphatic carbocycles. The van der Waals surface area contributed by atoms with Crippen molar-refractivity contribution >= 4 is 12.0 Å². The van der Waals surface area contributed by atoms with Gasteiger partial charge in [-0.2, -0.15) is 5.26 Å². The molecule has 5 heteroatoms. The summed E-state index contributed by atoms with van der Waals surface area (Å²) >= 11 is 0. The van der Waals surface area contributed by atoms with Crippen molar-refractivity contribution in [3.8, 4) is 6.07 Å². The molecule has 134 valence electrons. The van der Waals surface area contributed by atoms with E-state index in [4.69, 9.17) is 0 Å². The van der Waals surface area contributed by atoms with E-state index < -0.39 is 5.91 Å². The van der Waals surface area contributed by atoms with E-state index in [2.05, 4.69) is 9.88 Å². The van der Waals surface area contributed by atoms with Gasteiger partial charge >= 0.3 is 0 Å². The van der Waals surface area contributed by atoms with Crippen LogP contribution in [0.1, 0.15) is 47.0 Å². The third kappa shape index (κ3) is 3.70. The number of hydrogen-bond acceptors (Lipinski definition) is 2. The highest BCUT2D eigenvalue weighted by atomic mass is 19.1. The molecule has 0 aliphatic heterocycles. The molecule has 1 aliphatic rings. The summed E-state index contributed by atoms with van der Waals surface area (Å²) in [6, 6.07) is 9.25. The van der Waals surface area contributed by atoms with Gasteiger partial charge in [-0.1, -0.05) is 12.1 Å². The molecule has 2 aromatic rings. The number of nitriles is 1. The van der Waals surface area contributed by atoms with Crippen LogP contribution in [0.3, 0.4) is 0 Å². The highest BCUT2D eigenvalue weighted by Crippen LogP contribution is 2.38. The number of amides is 1. The molecule has 1 heterocycles. The van der Waals surface area contributed by atoms with Crippen molar-refractivity contribution < 1.29 is 9.18 Å². The number of carbonyl (C=O) groups is 1. The van der Waals surface area contributed by atoms with Gasteiger partial charge in [0.2, 0.25) is 0 Å². The quantitative estimate of drug-likeness (QED) is 0.651. The van der Waals surface area contributed by atoms with Gasteiger partial charge in [0, 0.05) is 24.0 Å². The summed E-state index contributed by atoms with van der Waals surface area (Å²) in [5.74, 6) is -0.700. The Hall–Kier alpha value is -2.87. The SMILES string of the molecule is Cc1cc(CNC(=O)/C(C#N)=C/c2cc(C)n(C3CC3)c2C)ccc1F. The first-order chi connectivity index (χ1) is 12.4. The van der Waals surface area contributed by atoms with Crippen LogP contribution in [0.5, 0.6) is 0 Å². The first kappa shape index (κ1) is 17.9. The van der Waals surface area contributed by atoms with E-state index in [1.807, 2.05) is 26.0 Å². The van der Waals surface area contributed by atoms with E-state index in [9.17, 15) is 14.4 Å². The first-order valence-electron chi connectivity index (χ1n) is 8.74. The molecular formula is C21H22FN3O. The average Bonchev–Trinajstić information content (AvgIpc) is 3.39. The van der Waals surface area contributed by atoms with E-state index in [0.717, 1.165) is 22.5 Å². The summed E-state index contributed by atoms with van der Waals surface area (Å²) in [5.41, 5.74) is 4.52. The van der Waals surface area contributed by atoms with Gasteiger partial charge in [-0.25, -0.2) is 4.39 Å². The smallest absolute Gasteiger partial charge is 0.262 e. The van der Waals surface area contributed by atoms with E-state index in [1.165, 1.54) is 18.9 Å². The summed E-state index contributed by atoms with van der Waals surface area (Å²) < 4.78 is 15.6. The van der Waals surface area contributed by atoms with Crippen molar-refractivity contribution in [2.75, 3.05) is 0 Å². The summed E-state index contributed by atoms with van der Waals surface area (Å²) in [6.07, 6.45) is 4.01. The number of aryl methyl sites for hydroxylation is 2. The minimum Gasteiger partial charge on any atom is -0.347 e. The van der Waals surface area contributed by atoms with Gasteiger partial charge in [0.1, 0.15) is 17.5 Å². The summed E-state index contributed by atoms with van der Waals surface area (Å²) in [7, 11) is 0. The van der Waals surface area contributed by atoms with Crippen molar-refractivity contribution in [1.82, 2.24) is 9.88 Å². The van der Waals surface area contributed by atoms with E-state index >= 15 is 0 Å². The number of benzene rings is 1. The fourth-order valence-corrected chi connectivity index (χ4v) is 3.24. The zero-order valence-electron chi connectivity index (χ0n) is 15.3. The molecule has 0 spiro atoms. The van der Waals surface area contributed by atoms with Crippen LogP contribution in [-0.4, -0.2) is 10.5 Å². The zero-order chi connectivity index (χ0) is 18.8. The van der Waals surface area contributed by atoms with Gasteiger partial charge in [-0.05, 0) is 68.5 Å². The Kier molecular flexibility index (Phi) is 4.94. The van der Waals surface area contributed by atoms with Crippen molar-refractivity contribution in [2.24, 2.45) is 0 Å². The molecule has 3 rings (SSSR count). The molecule has 1 N–H and O–H groups in total. The zero-order valence-corrected chi connectivity index (χ0v) is 15.3. The molecule has 4 nitrogen and oxygen atoms in total. The number of halogens is 1. The number of rotatable bonds is 5. The fourth-order valence-electron chi connectivity index (χ4n) is 3.24. The van der Waals surface area contributed by atoms with Crippen LogP contribution >= 0.6 is 0 Å². The number of aromatic nitrogens is 1. The molecule has 0 radical (unpaired) electrons. The molecule has 1 fully saturated rings. The molecule has 1 saturated carbocycles. The number of hydrogen-bond donors (Lipinski definition) is 1. The number of nitrogens with zero attached hydrogens (tertiary/aromatic N) is 2. The van der Waals surface area contributed by atoms with Crippen LogP contribution in [0, 0.1) is 37.9 Å². The summed E-state index contributed by atoms with van der Waals surface area (Å²) in [4.78, 5) is 12.4. The highest BCUT2D eigenvalue weighted by molar-refractivity contribution is 6.01. The second-order valence-corrected chi connectivity index (χ2v) is 6.86. The Morgan fingerprint density at radius 1 is 1.35 bits per heavy atom. The third-order valence-electron chi connectivity index (χ3n) is 4.78. The Labute approximate surface area is 152 Å². The molecule has 0 atom stereocenters. The first-order valence-corrected chi connectivity index (χ1v) is 8.74. The predicted octanol–water partition coefficient (Wildman–Crippen LogP) is 4.11. The van der Waals surface area contributed by atoms with Gasteiger partial charge in [0.15, 0.2) is 0 Å². The van der Waals surface area contributed by atoms with Gasteiger partial charge in [0.25, 0.3) is 5.91 Å². The molecule has 0 bridgehead atoms. The van der Waals surface area contributed by atoms with Crippen molar-refractivity contribution in [1.29, 1.82) is 5.26 Å². The normalized spacial score (nSPS) is 14.2. The number of nitrogens with one attached hydrogen (secondary N) is 1. The van der Waals surface area contributed by atoms with E-state index in [0.29, 0.717) is 11.6 Å². The maximum atomic E-state index is 13.3. The van der Waals surface area contributed by atoms with Gasteiger partial charge < -0.3 is 9.88 Å². The fraction of sp³-hybridized carbons (Fsp3) is 0.333. The van der Waals surface area contributed by atoms with Crippen molar-refractivity contribution in [2.45, 2.75) is 46.2 Å². The Morgan fingerprint density at radius 3 is 2.69 bits per heavy atom. The lowest BCUT2D eigenvalue weighted by atomic mass is 10.1. The van der Waals surface area contributed by atoms with Gasteiger partial charge in [0.05, 0.1) is 0 Å². The second kappa shape index (κ2) is 7.17. The highest BCUT2D eigenvalue weighted by Gasteiger charge is 2.26. The standard InChI is InChI=1S/C21H22FN3O/c1-13-8-16(4-7-20(13)22)12-24-21(26)18(11-23)10-17-9-14(2)25(15(17)3)19-5-6-19/h4,7-10,19H,5-6,12H2,1-3H3,(H,24,26)/b18-10+. The molecule has 1 aromatic carbocycles. The Morgan fingerprint density at radius 2 is 2.08 bits per heavy atom. The topological polar surface area (TPSA) is 57.8 Å². The molecular weight excluding hydrogens is 329 g/mol. The minimum absolute atomic E-state index is 0.0693. The molecule has 26 heavy (non-hydrogen) atoms. The van der Waals surface area contributed by atoms with Crippen LogP contribution in [0.15, 0.2) is 29.8 Å². The second-order valence-electron chi connectivity index (χ2n) is 6.86. The monoisotopic (exact) mass is 351 g/mol. The van der Waals surface area contributed by atoms with Crippen LogP contribution in [0.25, 0.3) is 6.08 Å². The lowest BCUT2D eigenvalue weighted by Crippen LogP contribution is -2.24. The summed E-state index contributed by atoms with van der Waals surface area (Å²) in [5, 5.41) is 12.1. The van der Waals surface area contributed by atoms with Crippen LogP contribution in [0.4, 0.5) is 4.39 Å². The van der Waals surface area contributed by atoms with Crippen molar-refractivity contribution in [3.05, 3.63) is 63.7 Å². The van der Waals surface area contributed by atoms with Crippen LogP contribution < -0.4 is 5.32 Å². The lowest BCUT2D eigenvalue weighted by molar-refractivity contribution is -0.117. The maximum Gasteiger partial charge on any atom is 0.262 e. The predicted molar refractivity (Wildman–Crippen MR) is 98.8 cm³/mol. The van der Waals surface area contributed by atoms with Crippen molar-refractivity contribution in [3.63, 3.8) is 0 Å².